The Kier molecular flexibility index (Phi) is 3.49. The van der Waals surface area contributed by atoms with E-state index < -0.39 is 10.0 Å². The van der Waals surface area contributed by atoms with Gasteiger partial charge >= 0.3 is 0 Å². The van der Waals surface area contributed by atoms with E-state index in [0.29, 0.717) is 12.8 Å². The van der Waals surface area contributed by atoms with Gasteiger partial charge in [-0.1, -0.05) is 0 Å². The smallest absolute Gasteiger partial charge is 0.236 e. The molecule has 0 saturated carbocycles. The second kappa shape index (κ2) is 4.27. The third kappa shape index (κ3) is 3.63. The van der Waals surface area contributed by atoms with Gasteiger partial charge in [-0.25, -0.2) is 8.42 Å². The fraction of sp³-hybridized carbons (Fsp3) is 0.875. The molecule has 0 bridgehead atoms. The monoisotopic (exact) mass is 220 g/mol. The predicted octanol–water partition coefficient (Wildman–Crippen LogP) is -0.550. The third-order valence-electron chi connectivity index (χ3n) is 2.28. The van der Waals surface area contributed by atoms with Crippen molar-refractivity contribution in [3.05, 3.63) is 0 Å². The molecule has 1 rings (SSSR count). The molecule has 1 aliphatic rings. The molecular weight excluding hydrogens is 204 g/mol. The van der Waals surface area contributed by atoms with Crippen LogP contribution in [-0.2, 0) is 14.8 Å². The molecule has 1 heterocycles. The summed E-state index contributed by atoms with van der Waals surface area (Å²) in [6, 6.07) is 0.277. The summed E-state index contributed by atoms with van der Waals surface area (Å²) in [5, 5.41) is 3.20. The number of sulfonamides is 1. The van der Waals surface area contributed by atoms with Crippen molar-refractivity contribution in [2.45, 2.75) is 25.8 Å². The van der Waals surface area contributed by atoms with Gasteiger partial charge in [0, 0.05) is 12.0 Å². The standard InChI is InChI=1S/C8H16N2O3S/c1-6-5-7(3-4-9-6)8(11)10-14(2,12)13/h6-7,9H,3-5H2,1-2H3,(H,10,11). The number of nitrogens with one attached hydrogen (secondary N) is 2. The largest absolute Gasteiger partial charge is 0.314 e. The first-order chi connectivity index (χ1) is 6.38. The zero-order valence-electron chi connectivity index (χ0n) is 8.41. The van der Waals surface area contributed by atoms with Crippen molar-refractivity contribution < 1.29 is 13.2 Å². The molecular formula is C8H16N2O3S. The maximum atomic E-state index is 11.4. The number of carbonyl (C=O) groups excluding carboxylic acids is 1. The van der Waals surface area contributed by atoms with Gasteiger partial charge in [-0.15, -0.1) is 0 Å². The van der Waals surface area contributed by atoms with E-state index in [1.807, 2.05) is 11.6 Å². The molecule has 0 radical (unpaired) electrons. The van der Waals surface area contributed by atoms with Gasteiger partial charge in [-0.2, -0.15) is 0 Å². The molecule has 0 aliphatic carbocycles. The van der Waals surface area contributed by atoms with Crippen LogP contribution in [0, 0.1) is 5.92 Å². The molecule has 0 aromatic heterocycles. The number of hydrogen-bond donors (Lipinski definition) is 2. The molecule has 14 heavy (non-hydrogen) atoms. The Morgan fingerprint density at radius 3 is 2.64 bits per heavy atom. The zero-order chi connectivity index (χ0) is 10.8. The van der Waals surface area contributed by atoms with Crippen LogP contribution in [0.4, 0.5) is 0 Å². The molecule has 5 nitrogen and oxygen atoms in total. The van der Waals surface area contributed by atoms with Crippen LogP contribution in [-0.4, -0.2) is 33.2 Å². The lowest BCUT2D eigenvalue weighted by atomic mass is 9.93. The van der Waals surface area contributed by atoms with Crippen LogP contribution in [0.15, 0.2) is 0 Å². The molecule has 1 saturated heterocycles. The molecule has 0 spiro atoms. The minimum absolute atomic E-state index is 0.180. The van der Waals surface area contributed by atoms with Gasteiger partial charge in [0.15, 0.2) is 0 Å². The zero-order valence-corrected chi connectivity index (χ0v) is 9.23. The third-order valence-corrected chi connectivity index (χ3v) is 2.85. The highest BCUT2D eigenvalue weighted by molar-refractivity contribution is 7.89. The summed E-state index contributed by atoms with van der Waals surface area (Å²) >= 11 is 0. The molecule has 1 fully saturated rings. The van der Waals surface area contributed by atoms with Gasteiger partial charge in [0.25, 0.3) is 0 Å². The van der Waals surface area contributed by atoms with Crippen LogP contribution in [0.5, 0.6) is 0 Å². The van der Waals surface area contributed by atoms with Crippen molar-refractivity contribution >= 4 is 15.9 Å². The summed E-state index contributed by atoms with van der Waals surface area (Å²) in [7, 11) is -3.41. The Morgan fingerprint density at radius 2 is 2.14 bits per heavy atom. The highest BCUT2D eigenvalue weighted by Gasteiger charge is 2.26. The molecule has 2 N–H and O–H groups in total. The van der Waals surface area contributed by atoms with Crippen molar-refractivity contribution in [3.63, 3.8) is 0 Å². The minimum atomic E-state index is -3.41. The summed E-state index contributed by atoms with van der Waals surface area (Å²) in [5.74, 6) is -0.554. The van der Waals surface area contributed by atoms with Crippen LogP contribution < -0.4 is 10.0 Å². The predicted molar refractivity (Wildman–Crippen MR) is 53.2 cm³/mol. The van der Waals surface area contributed by atoms with Crippen molar-refractivity contribution in [2.75, 3.05) is 12.8 Å². The lowest BCUT2D eigenvalue weighted by Crippen LogP contribution is -2.43. The molecule has 2 atom stereocenters. The van der Waals surface area contributed by atoms with Crippen LogP contribution >= 0.6 is 0 Å². The van der Waals surface area contributed by atoms with Crippen LogP contribution in [0.1, 0.15) is 19.8 Å². The van der Waals surface area contributed by atoms with E-state index in [4.69, 9.17) is 0 Å². The first-order valence-corrected chi connectivity index (χ1v) is 6.52. The highest BCUT2D eigenvalue weighted by Crippen LogP contribution is 2.15. The van der Waals surface area contributed by atoms with Crippen LogP contribution in [0.2, 0.25) is 0 Å². The maximum absolute atomic E-state index is 11.4. The average Bonchev–Trinajstić information content (AvgIpc) is 2.01. The molecule has 2 unspecified atom stereocenters. The summed E-state index contributed by atoms with van der Waals surface area (Å²) in [6.45, 7) is 2.75. The Morgan fingerprint density at radius 1 is 1.50 bits per heavy atom. The topological polar surface area (TPSA) is 75.3 Å². The number of piperidine rings is 1. The lowest BCUT2D eigenvalue weighted by Gasteiger charge is -2.26. The Labute approximate surface area is 84.3 Å². The van der Waals surface area contributed by atoms with Gasteiger partial charge in [-0.05, 0) is 26.3 Å². The first kappa shape index (κ1) is 11.5. The summed E-state index contributed by atoms with van der Waals surface area (Å²) in [6.07, 6.45) is 2.39. The van der Waals surface area contributed by atoms with E-state index in [9.17, 15) is 13.2 Å². The second-order valence-corrected chi connectivity index (χ2v) is 5.56. The SMILES string of the molecule is CC1CC(C(=O)NS(C)(=O)=O)CCN1. The van der Waals surface area contributed by atoms with E-state index in [1.165, 1.54) is 0 Å². The summed E-state index contributed by atoms with van der Waals surface area (Å²) < 4.78 is 23.7. The number of hydrogen-bond acceptors (Lipinski definition) is 4. The molecule has 6 heteroatoms. The van der Waals surface area contributed by atoms with Gasteiger partial charge in [0.2, 0.25) is 15.9 Å². The molecule has 1 amide bonds. The Bertz CT molecular complexity index is 313. The number of carbonyl (C=O) groups is 1. The van der Waals surface area contributed by atoms with E-state index in [2.05, 4.69) is 5.32 Å². The minimum Gasteiger partial charge on any atom is -0.314 e. The average molecular weight is 220 g/mol. The van der Waals surface area contributed by atoms with E-state index in [-0.39, 0.29) is 17.9 Å². The van der Waals surface area contributed by atoms with Gasteiger partial charge < -0.3 is 5.32 Å². The maximum Gasteiger partial charge on any atom is 0.236 e. The Hall–Kier alpha value is -0.620. The van der Waals surface area contributed by atoms with Gasteiger partial charge in [0.1, 0.15) is 0 Å². The van der Waals surface area contributed by atoms with E-state index >= 15 is 0 Å². The van der Waals surface area contributed by atoms with Crippen molar-refractivity contribution in [1.82, 2.24) is 10.0 Å². The molecule has 1 aliphatic heterocycles. The second-order valence-electron chi connectivity index (χ2n) is 3.81. The van der Waals surface area contributed by atoms with Gasteiger partial charge in [-0.3, -0.25) is 9.52 Å². The van der Waals surface area contributed by atoms with Crippen LogP contribution in [0.3, 0.4) is 0 Å². The van der Waals surface area contributed by atoms with Crippen LogP contribution in [0.25, 0.3) is 0 Å². The lowest BCUT2D eigenvalue weighted by molar-refractivity contribution is -0.124. The summed E-state index contributed by atoms with van der Waals surface area (Å²) in [4.78, 5) is 11.4. The highest BCUT2D eigenvalue weighted by atomic mass is 32.2. The quantitative estimate of drug-likeness (QED) is 0.655. The van der Waals surface area contributed by atoms with E-state index in [0.717, 1.165) is 12.8 Å². The molecule has 0 aromatic carbocycles. The number of amides is 1. The fourth-order valence-corrected chi connectivity index (χ4v) is 2.17. The molecule has 82 valence electrons. The summed E-state index contributed by atoms with van der Waals surface area (Å²) in [5.41, 5.74) is 0. The van der Waals surface area contributed by atoms with E-state index in [1.54, 1.807) is 0 Å². The van der Waals surface area contributed by atoms with Crippen molar-refractivity contribution in [3.8, 4) is 0 Å². The Balaban J connectivity index is 2.52. The fourth-order valence-electron chi connectivity index (χ4n) is 1.64. The van der Waals surface area contributed by atoms with Gasteiger partial charge in [0.05, 0.1) is 6.26 Å². The van der Waals surface area contributed by atoms with Crippen molar-refractivity contribution in [2.24, 2.45) is 5.92 Å². The first-order valence-electron chi connectivity index (χ1n) is 4.63. The molecule has 0 aromatic rings. The van der Waals surface area contributed by atoms with Crippen molar-refractivity contribution in [1.29, 1.82) is 0 Å². The normalized spacial score (nSPS) is 28.4. The number of rotatable bonds is 2.